The van der Waals surface area contributed by atoms with E-state index in [1.54, 1.807) is 0 Å². The van der Waals surface area contributed by atoms with Gasteiger partial charge >= 0.3 is 0 Å². The second-order valence-corrected chi connectivity index (χ2v) is 5.88. The van der Waals surface area contributed by atoms with E-state index in [9.17, 15) is 0 Å². The molecule has 0 spiro atoms. The topological polar surface area (TPSA) is 21.6 Å². The first-order chi connectivity index (χ1) is 10.2. The van der Waals surface area contributed by atoms with Gasteiger partial charge in [-0.2, -0.15) is 0 Å². The van der Waals surface area contributed by atoms with Gasteiger partial charge in [0.2, 0.25) is 0 Å². The minimum atomic E-state index is 0.323. The number of ether oxygens (including phenoxy) is 1. The van der Waals surface area contributed by atoms with Crippen LogP contribution in [0.5, 0.6) is 0 Å². The SMILES string of the molecule is CC(C)[C@@H]1COC(Cc2ccc(-c3ccccc3)cc2)=N1. The predicted octanol–water partition coefficient (Wildman–Crippen LogP) is 4.35. The summed E-state index contributed by atoms with van der Waals surface area (Å²) in [6, 6.07) is 19.4. The molecule has 0 bridgehead atoms. The summed E-state index contributed by atoms with van der Waals surface area (Å²) in [6.45, 7) is 5.11. The van der Waals surface area contributed by atoms with Crippen molar-refractivity contribution in [3.05, 3.63) is 60.2 Å². The third kappa shape index (κ3) is 3.33. The summed E-state index contributed by atoms with van der Waals surface area (Å²) >= 11 is 0. The molecular formula is C19H21NO. The third-order valence-corrected chi connectivity index (χ3v) is 3.92. The van der Waals surface area contributed by atoms with Crippen molar-refractivity contribution < 1.29 is 4.74 Å². The van der Waals surface area contributed by atoms with Crippen LogP contribution in [-0.2, 0) is 11.2 Å². The summed E-state index contributed by atoms with van der Waals surface area (Å²) in [5.74, 6) is 1.42. The van der Waals surface area contributed by atoms with E-state index in [1.165, 1.54) is 16.7 Å². The molecule has 3 rings (SSSR count). The van der Waals surface area contributed by atoms with Crippen molar-refractivity contribution >= 4 is 5.90 Å². The highest BCUT2D eigenvalue weighted by Gasteiger charge is 2.21. The second kappa shape index (κ2) is 6.13. The Bertz CT molecular complexity index is 614. The van der Waals surface area contributed by atoms with E-state index < -0.39 is 0 Å². The number of rotatable bonds is 4. The maximum atomic E-state index is 5.70. The van der Waals surface area contributed by atoms with E-state index in [1.807, 2.05) is 6.07 Å². The van der Waals surface area contributed by atoms with Crippen molar-refractivity contribution in [1.29, 1.82) is 0 Å². The van der Waals surface area contributed by atoms with E-state index in [4.69, 9.17) is 4.74 Å². The first-order valence-corrected chi connectivity index (χ1v) is 7.56. The fraction of sp³-hybridized carbons (Fsp3) is 0.316. The molecule has 0 unspecified atom stereocenters. The van der Waals surface area contributed by atoms with Crippen LogP contribution in [0, 0.1) is 5.92 Å². The van der Waals surface area contributed by atoms with Crippen LogP contribution in [0.15, 0.2) is 59.6 Å². The lowest BCUT2D eigenvalue weighted by atomic mass is 10.0. The first-order valence-electron chi connectivity index (χ1n) is 7.56. The second-order valence-electron chi connectivity index (χ2n) is 5.88. The molecule has 0 saturated heterocycles. The molecule has 2 aromatic rings. The zero-order chi connectivity index (χ0) is 14.7. The van der Waals surface area contributed by atoms with E-state index in [0.717, 1.165) is 18.9 Å². The van der Waals surface area contributed by atoms with Gasteiger partial charge in [0.25, 0.3) is 0 Å². The average molecular weight is 279 g/mol. The molecule has 1 atom stereocenters. The Balaban J connectivity index is 1.70. The summed E-state index contributed by atoms with van der Waals surface area (Å²) in [5.41, 5.74) is 3.74. The van der Waals surface area contributed by atoms with Crippen molar-refractivity contribution in [3.63, 3.8) is 0 Å². The molecule has 0 N–H and O–H groups in total. The van der Waals surface area contributed by atoms with Gasteiger partial charge in [-0.15, -0.1) is 0 Å². The molecular weight excluding hydrogens is 258 g/mol. The van der Waals surface area contributed by atoms with Crippen molar-refractivity contribution in [1.82, 2.24) is 0 Å². The average Bonchev–Trinajstić information content (AvgIpc) is 2.98. The summed E-state index contributed by atoms with van der Waals surface area (Å²) in [4.78, 5) is 4.66. The maximum absolute atomic E-state index is 5.70. The maximum Gasteiger partial charge on any atom is 0.188 e. The highest BCUT2D eigenvalue weighted by atomic mass is 16.5. The molecule has 2 heteroatoms. The minimum absolute atomic E-state index is 0.323. The number of hydrogen-bond donors (Lipinski definition) is 0. The van der Waals surface area contributed by atoms with Crippen molar-refractivity contribution in [2.24, 2.45) is 10.9 Å². The Kier molecular flexibility index (Phi) is 4.05. The van der Waals surface area contributed by atoms with Crippen LogP contribution in [0.2, 0.25) is 0 Å². The molecule has 0 saturated carbocycles. The standard InChI is InChI=1S/C19H21NO/c1-14(2)18-13-21-19(20-18)12-15-8-10-17(11-9-15)16-6-4-3-5-7-16/h3-11,14,18H,12-13H2,1-2H3/t18-/m0/s1. The van der Waals surface area contributed by atoms with Crippen LogP contribution in [0.1, 0.15) is 19.4 Å². The fourth-order valence-corrected chi connectivity index (χ4v) is 2.50. The highest BCUT2D eigenvalue weighted by Crippen LogP contribution is 2.21. The zero-order valence-electron chi connectivity index (χ0n) is 12.6. The predicted molar refractivity (Wildman–Crippen MR) is 87.6 cm³/mol. The number of nitrogens with zero attached hydrogens (tertiary/aromatic N) is 1. The largest absolute Gasteiger partial charge is 0.478 e. The molecule has 0 aromatic heterocycles. The van der Waals surface area contributed by atoms with Gasteiger partial charge in [-0.25, -0.2) is 4.99 Å². The summed E-state index contributed by atoms with van der Waals surface area (Å²) in [7, 11) is 0. The van der Waals surface area contributed by atoms with Gasteiger partial charge < -0.3 is 4.74 Å². The van der Waals surface area contributed by atoms with E-state index in [2.05, 4.69) is 67.4 Å². The summed E-state index contributed by atoms with van der Waals surface area (Å²) in [5, 5.41) is 0. The molecule has 0 amide bonds. The van der Waals surface area contributed by atoms with Crippen LogP contribution in [0.25, 0.3) is 11.1 Å². The molecule has 108 valence electrons. The van der Waals surface area contributed by atoms with Crippen molar-refractivity contribution in [2.75, 3.05) is 6.61 Å². The smallest absolute Gasteiger partial charge is 0.188 e. The lowest BCUT2D eigenvalue weighted by molar-refractivity contribution is 0.287. The Morgan fingerprint density at radius 3 is 2.29 bits per heavy atom. The normalized spacial score (nSPS) is 17.7. The molecule has 2 aromatic carbocycles. The number of aliphatic imine (C=N–C) groups is 1. The fourth-order valence-electron chi connectivity index (χ4n) is 2.50. The minimum Gasteiger partial charge on any atom is -0.478 e. The highest BCUT2D eigenvalue weighted by molar-refractivity contribution is 5.80. The Labute approximate surface area is 126 Å². The number of benzene rings is 2. The Morgan fingerprint density at radius 2 is 1.67 bits per heavy atom. The summed E-state index contributed by atoms with van der Waals surface area (Å²) < 4.78 is 5.70. The van der Waals surface area contributed by atoms with Crippen LogP contribution in [0.3, 0.4) is 0 Å². The van der Waals surface area contributed by atoms with Gasteiger partial charge in [-0.05, 0) is 22.6 Å². The zero-order valence-corrected chi connectivity index (χ0v) is 12.6. The van der Waals surface area contributed by atoms with Gasteiger partial charge in [-0.1, -0.05) is 68.4 Å². The number of hydrogen-bond acceptors (Lipinski definition) is 2. The van der Waals surface area contributed by atoms with Crippen LogP contribution in [0.4, 0.5) is 0 Å². The molecule has 0 fully saturated rings. The van der Waals surface area contributed by atoms with Gasteiger partial charge in [-0.3, -0.25) is 0 Å². The van der Waals surface area contributed by atoms with Crippen LogP contribution in [-0.4, -0.2) is 18.5 Å². The van der Waals surface area contributed by atoms with Gasteiger partial charge in [0.15, 0.2) is 5.90 Å². The molecule has 1 aliphatic heterocycles. The molecule has 1 heterocycles. The summed E-state index contributed by atoms with van der Waals surface area (Å²) in [6.07, 6.45) is 0.790. The van der Waals surface area contributed by atoms with Crippen LogP contribution < -0.4 is 0 Å². The van der Waals surface area contributed by atoms with Gasteiger partial charge in [0.05, 0.1) is 6.04 Å². The first kappa shape index (κ1) is 13.9. The van der Waals surface area contributed by atoms with Crippen LogP contribution >= 0.6 is 0 Å². The Hall–Kier alpha value is -2.09. The van der Waals surface area contributed by atoms with Gasteiger partial charge in [0.1, 0.15) is 6.61 Å². The molecule has 0 radical (unpaired) electrons. The molecule has 1 aliphatic rings. The molecule has 21 heavy (non-hydrogen) atoms. The Morgan fingerprint density at radius 1 is 1.00 bits per heavy atom. The quantitative estimate of drug-likeness (QED) is 0.815. The third-order valence-electron chi connectivity index (χ3n) is 3.92. The van der Waals surface area contributed by atoms with E-state index in [-0.39, 0.29) is 0 Å². The molecule has 0 aliphatic carbocycles. The lowest BCUT2D eigenvalue weighted by Crippen LogP contribution is -2.13. The van der Waals surface area contributed by atoms with Crippen molar-refractivity contribution in [2.45, 2.75) is 26.3 Å². The molecule has 2 nitrogen and oxygen atoms in total. The van der Waals surface area contributed by atoms with E-state index >= 15 is 0 Å². The van der Waals surface area contributed by atoms with Gasteiger partial charge in [0, 0.05) is 6.42 Å². The lowest BCUT2D eigenvalue weighted by Gasteiger charge is -2.06. The monoisotopic (exact) mass is 279 g/mol. The van der Waals surface area contributed by atoms with E-state index in [0.29, 0.717) is 12.0 Å². The van der Waals surface area contributed by atoms with Crippen molar-refractivity contribution in [3.8, 4) is 11.1 Å².